The van der Waals surface area contributed by atoms with Gasteiger partial charge >= 0.3 is 0 Å². The number of nitrogens with one attached hydrogen (secondary N) is 1. The Balaban J connectivity index is 2.07. The van der Waals surface area contributed by atoms with Crippen LogP contribution >= 0.6 is 11.5 Å². The summed E-state index contributed by atoms with van der Waals surface area (Å²) in [4.78, 5) is 16.0. The van der Waals surface area contributed by atoms with Crippen molar-refractivity contribution in [3.8, 4) is 11.4 Å². The summed E-state index contributed by atoms with van der Waals surface area (Å²) in [5, 5.41) is 3.34. The molecule has 1 aromatic heterocycles. The Bertz CT molecular complexity index is 560. The molecule has 1 amide bonds. The van der Waals surface area contributed by atoms with Crippen LogP contribution in [-0.4, -0.2) is 15.3 Å². The van der Waals surface area contributed by atoms with Crippen LogP contribution in [0.3, 0.4) is 0 Å². The van der Waals surface area contributed by atoms with Crippen LogP contribution in [0.25, 0.3) is 11.4 Å². The summed E-state index contributed by atoms with van der Waals surface area (Å²) < 4.78 is 4.26. The van der Waals surface area contributed by atoms with Crippen molar-refractivity contribution in [3.05, 3.63) is 29.8 Å². The maximum atomic E-state index is 11.6. The van der Waals surface area contributed by atoms with E-state index in [1.807, 2.05) is 45.0 Å². The molecule has 0 aliphatic rings. The fraction of sp³-hybridized carbons (Fsp3) is 0.357. The molecule has 0 unspecified atom stereocenters. The summed E-state index contributed by atoms with van der Waals surface area (Å²) in [5.74, 6) is 0.982. The third-order valence-corrected chi connectivity index (χ3v) is 3.21. The van der Waals surface area contributed by atoms with Crippen LogP contribution in [0.5, 0.6) is 0 Å². The van der Waals surface area contributed by atoms with E-state index in [1.165, 1.54) is 17.1 Å². The molecule has 1 heterocycles. The number of aromatic nitrogens is 2. The highest BCUT2D eigenvalue weighted by Gasteiger charge is 2.10. The van der Waals surface area contributed by atoms with Crippen LogP contribution in [-0.2, 0) is 4.79 Å². The second-order valence-corrected chi connectivity index (χ2v) is 5.69. The van der Waals surface area contributed by atoms with E-state index in [9.17, 15) is 4.79 Å². The Morgan fingerprint density at radius 1 is 1.32 bits per heavy atom. The van der Waals surface area contributed by atoms with E-state index in [0.29, 0.717) is 23.3 Å². The maximum Gasteiger partial charge on any atom is 0.226 e. The predicted octanol–water partition coefficient (Wildman–Crippen LogP) is 3.50. The molecule has 1 aromatic carbocycles. The SMILES string of the molecule is Cc1ccc(-c2nsc(NC(=O)CC(C)C)n2)cc1. The first-order valence-electron chi connectivity index (χ1n) is 6.25. The van der Waals surface area contributed by atoms with Gasteiger partial charge in [0.15, 0.2) is 5.82 Å². The van der Waals surface area contributed by atoms with E-state index in [-0.39, 0.29) is 5.91 Å². The fourth-order valence-corrected chi connectivity index (χ4v) is 2.24. The van der Waals surface area contributed by atoms with Gasteiger partial charge in [-0.25, -0.2) is 0 Å². The Hall–Kier alpha value is -1.75. The second kappa shape index (κ2) is 5.93. The monoisotopic (exact) mass is 275 g/mol. The van der Waals surface area contributed by atoms with E-state index in [0.717, 1.165) is 5.56 Å². The fourth-order valence-electron chi connectivity index (χ4n) is 1.64. The molecule has 0 atom stereocenters. The molecule has 0 aliphatic carbocycles. The van der Waals surface area contributed by atoms with Crippen LogP contribution < -0.4 is 5.32 Å². The third-order valence-electron chi connectivity index (χ3n) is 2.58. The number of aryl methyl sites for hydroxylation is 1. The van der Waals surface area contributed by atoms with Gasteiger partial charge in [0.25, 0.3) is 0 Å². The second-order valence-electron chi connectivity index (χ2n) is 4.94. The molecule has 1 N–H and O–H groups in total. The smallest absolute Gasteiger partial charge is 0.226 e. The van der Waals surface area contributed by atoms with E-state index in [4.69, 9.17) is 0 Å². The number of anilines is 1. The van der Waals surface area contributed by atoms with Gasteiger partial charge in [-0.2, -0.15) is 9.36 Å². The van der Waals surface area contributed by atoms with Gasteiger partial charge in [-0.1, -0.05) is 43.7 Å². The number of hydrogen-bond acceptors (Lipinski definition) is 4. The number of nitrogens with zero attached hydrogens (tertiary/aromatic N) is 2. The van der Waals surface area contributed by atoms with Gasteiger partial charge in [0, 0.05) is 23.5 Å². The van der Waals surface area contributed by atoms with Crippen molar-refractivity contribution in [3.63, 3.8) is 0 Å². The summed E-state index contributed by atoms with van der Waals surface area (Å²) in [6, 6.07) is 8.01. The summed E-state index contributed by atoms with van der Waals surface area (Å²) in [5.41, 5.74) is 2.16. The highest BCUT2D eigenvalue weighted by atomic mass is 32.1. The Morgan fingerprint density at radius 2 is 2.00 bits per heavy atom. The lowest BCUT2D eigenvalue weighted by molar-refractivity contribution is -0.116. The zero-order valence-electron chi connectivity index (χ0n) is 11.3. The summed E-state index contributed by atoms with van der Waals surface area (Å²) in [6.45, 7) is 6.06. The minimum absolute atomic E-state index is 0.0124. The van der Waals surface area contributed by atoms with Crippen LogP contribution in [0.4, 0.5) is 5.13 Å². The van der Waals surface area contributed by atoms with Crippen LogP contribution in [0.15, 0.2) is 24.3 Å². The van der Waals surface area contributed by atoms with Crippen molar-refractivity contribution >= 4 is 22.6 Å². The van der Waals surface area contributed by atoms with Crippen LogP contribution in [0.2, 0.25) is 0 Å². The molecule has 0 radical (unpaired) electrons. The lowest BCUT2D eigenvalue weighted by atomic mass is 10.1. The largest absolute Gasteiger partial charge is 0.301 e. The molecule has 0 saturated heterocycles. The Labute approximate surface area is 117 Å². The van der Waals surface area contributed by atoms with Crippen molar-refractivity contribution in [1.82, 2.24) is 9.36 Å². The average Bonchev–Trinajstić information content (AvgIpc) is 2.77. The molecule has 0 spiro atoms. The highest BCUT2D eigenvalue weighted by Crippen LogP contribution is 2.21. The normalized spacial score (nSPS) is 10.7. The average molecular weight is 275 g/mol. The number of amides is 1. The maximum absolute atomic E-state index is 11.6. The molecule has 0 aliphatic heterocycles. The van der Waals surface area contributed by atoms with Crippen molar-refractivity contribution < 1.29 is 4.79 Å². The van der Waals surface area contributed by atoms with Gasteiger partial charge in [-0.15, -0.1) is 0 Å². The molecule has 4 nitrogen and oxygen atoms in total. The first kappa shape index (κ1) is 13.7. The number of carbonyl (C=O) groups excluding carboxylic acids is 1. The van der Waals surface area contributed by atoms with E-state index < -0.39 is 0 Å². The van der Waals surface area contributed by atoms with Crippen molar-refractivity contribution in [2.45, 2.75) is 27.2 Å². The van der Waals surface area contributed by atoms with Gasteiger partial charge in [0.2, 0.25) is 11.0 Å². The Kier molecular flexibility index (Phi) is 4.27. The zero-order chi connectivity index (χ0) is 13.8. The summed E-state index contributed by atoms with van der Waals surface area (Å²) in [6.07, 6.45) is 0.499. The van der Waals surface area contributed by atoms with Crippen LogP contribution in [0, 0.1) is 12.8 Å². The molecular formula is C14H17N3OS. The van der Waals surface area contributed by atoms with Crippen LogP contribution in [0.1, 0.15) is 25.8 Å². The molecule has 19 heavy (non-hydrogen) atoms. The number of rotatable bonds is 4. The Morgan fingerprint density at radius 3 is 2.63 bits per heavy atom. The van der Waals surface area contributed by atoms with Gasteiger partial charge in [-0.3, -0.25) is 4.79 Å². The van der Waals surface area contributed by atoms with Gasteiger partial charge in [-0.05, 0) is 12.8 Å². The first-order chi connectivity index (χ1) is 9.04. The van der Waals surface area contributed by atoms with Crippen molar-refractivity contribution in [2.75, 3.05) is 5.32 Å². The highest BCUT2D eigenvalue weighted by molar-refractivity contribution is 7.10. The molecule has 0 fully saturated rings. The first-order valence-corrected chi connectivity index (χ1v) is 7.02. The minimum Gasteiger partial charge on any atom is -0.301 e. The van der Waals surface area contributed by atoms with Gasteiger partial charge in [0.05, 0.1) is 0 Å². The van der Waals surface area contributed by atoms with Crippen molar-refractivity contribution in [2.24, 2.45) is 5.92 Å². The predicted molar refractivity (Wildman–Crippen MR) is 78.2 cm³/mol. The molecule has 2 rings (SSSR count). The summed E-state index contributed by atoms with van der Waals surface area (Å²) >= 11 is 1.21. The summed E-state index contributed by atoms with van der Waals surface area (Å²) in [7, 11) is 0. The van der Waals surface area contributed by atoms with E-state index in [2.05, 4.69) is 14.7 Å². The molecule has 0 bridgehead atoms. The standard InChI is InChI=1S/C14H17N3OS/c1-9(2)8-12(18)15-14-16-13(17-19-14)11-6-4-10(3)5-7-11/h4-7,9H,8H2,1-3H3,(H,15,16,17,18). The lowest BCUT2D eigenvalue weighted by Crippen LogP contribution is -2.13. The topological polar surface area (TPSA) is 54.9 Å². The van der Waals surface area contributed by atoms with Crippen molar-refractivity contribution in [1.29, 1.82) is 0 Å². The van der Waals surface area contributed by atoms with Gasteiger partial charge in [0.1, 0.15) is 0 Å². The number of carbonyl (C=O) groups is 1. The quantitative estimate of drug-likeness (QED) is 0.929. The number of hydrogen-bond donors (Lipinski definition) is 1. The van der Waals surface area contributed by atoms with E-state index in [1.54, 1.807) is 0 Å². The molecular weight excluding hydrogens is 258 g/mol. The third kappa shape index (κ3) is 3.86. The van der Waals surface area contributed by atoms with E-state index >= 15 is 0 Å². The van der Waals surface area contributed by atoms with Gasteiger partial charge < -0.3 is 5.32 Å². The number of benzene rings is 1. The zero-order valence-corrected chi connectivity index (χ0v) is 12.1. The molecule has 5 heteroatoms. The molecule has 2 aromatic rings. The molecule has 0 saturated carbocycles. The molecule has 100 valence electrons. The minimum atomic E-state index is -0.0124. The lowest BCUT2D eigenvalue weighted by Gasteiger charge is -2.03.